The van der Waals surface area contributed by atoms with Gasteiger partial charge in [0.2, 0.25) is 0 Å². The number of nitrogens with zero attached hydrogens (tertiary/aromatic N) is 5. The Kier molecular flexibility index (Phi) is 8.66. The summed E-state index contributed by atoms with van der Waals surface area (Å²) in [7, 11) is 0. The van der Waals surface area contributed by atoms with E-state index in [-0.39, 0.29) is 35.7 Å². The second kappa shape index (κ2) is 12.3. The number of aromatic nitrogens is 4. The summed E-state index contributed by atoms with van der Waals surface area (Å²) < 4.78 is 40.7. The van der Waals surface area contributed by atoms with Gasteiger partial charge in [-0.25, -0.2) is 0 Å². The minimum Gasteiger partial charge on any atom is -0.345 e. The van der Waals surface area contributed by atoms with Crippen molar-refractivity contribution in [2.24, 2.45) is 16.8 Å². The number of amides is 2. The number of carbonyl (C=O) groups excluding carboxylic acids is 2. The van der Waals surface area contributed by atoms with Crippen LogP contribution in [0.25, 0.3) is 0 Å². The lowest BCUT2D eigenvalue weighted by atomic mass is 9.76. The van der Waals surface area contributed by atoms with Crippen molar-refractivity contribution < 1.29 is 22.8 Å². The van der Waals surface area contributed by atoms with Crippen LogP contribution in [0.5, 0.6) is 0 Å². The lowest BCUT2D eigenvalue weighted by Gasteiger charge is -2.46. The number of tetrazole rings is 1. The molecule has 2 heterocycles. The van der Waals surface area contributed by atoms with E-state index in [0.29, 0.717) is 42.5 Å². The molecule has 3 aromatic rings. The summed E-state index contributed by atoms with van der Waals surface area (Å²) in [5, 5.41) is 16.2. The molecule has 1 aliphatic heterocycles. The lowest BCUT2D eigenvalue weighted by Crippen LogP contribution is -2.51. The predicted octanol–water partition coefficient (Wildman–Crippen LogP) is 5.86. The zero-order chi connectivity index (χ0) is 30.8. The lowest BCUT2D eigenvalue weighted by molar-refractivity contribution is -0.137. The topological polar surface area (TPSA) is 116 Å². The number of rotatable bonds is 9. The zero-order valence-corrected chi connectivity index (χ0v) is 24.5. The molecule has 43 heavy (non-hydrogen) atoms. The van der Waals surface area contributed by atoms with Crippen molar-refractivity contribution in [3.63, 3.8) is 0 Å². The molecule has 1 fully saturated rings. The number of H-pyrrole nitrogens is 1. The second-order valence-electron chi connectivity index (χ2n) is 11.7. The van der Waals surface area contributed by atoms with E-state index in [1.807, 2.05) is 24.0 Å². The van der Waals surface area contributed by atoms with E-state index in [1.54, 1.807) is 12.1 Å². The molecule has 2 aromatic carbocycles. The number of benzene rings is 2. The van der Waals surface area contributed by atoms with Gasteiger partial charge in [0.05, 0.1) is 18.2 Å². The van der Waals surface area contributed by atoms with E-state index in [1.165, 1.54) is 12.1 Å². The van der Waals surface area contributed by atoms with Crippen molar-refractivity contribution in [1.82, 2.24) is 30.8 Å². The van der Waals surface area contributed by atoms with Gasteiger partial charge in [0, 0.05) is 11.1 Å². The number of hydrogen-bond acceptors (Lipinski definition) is 6. The number of alkyl halides is 3. The standard InChI is InChI=1S/C31H36F3N7O2/c1-4-6-25(21-9-11-22(12-10-21)28(42)35-18-26-37-39-40-38-26)41-29(43)27(23-7-5-8-24(17-23)31(32,33)34)36-30(41)15-13-20(14-16-30)19(2)3/h5,7-12,17,19-20,25H,4,6,13-16,18H2,1-3H3,(H,35,42)(H,37,38,39,40). The molecule has 228 valence electrons. The first-order valence-electron chi connectivity index (χ1n) is 14.7. The van der Waals surface area contributed by atoms with Gasteiger partial charge in [0.15, 0.2) is 5.82 Å². The van der Waals surface area contributed by atoms with Gasteiger partial charge >= 0.3 is 6.18 Å². The smallest absolute Gasteiger partial charge is 0.345 e. The summed E-state index contributed by atoms with van der Waals surface area (Å²) in [6, 6.07) is 11.6. The Morgan fingerprint density at radius 1 is 1.14 bits per heavy atom. The molecule has 0 bridgehead atoms. The zero-order valence-electron chi connectivity index (χ0n) is 24.5. The highest BCUT2D eigenvalue weighted by atomic mass is 19.4. The minimum atomic E-state index is -4.53. The van der Waals surface area contributed by atoms with Crippen molar-refractivity contribution >= 4 is 17.5 Å². The van der Waals surface area contributed by atoms with Gasteiger partial charge in [0.1, 0.15) is 11.4 Å². The Bertz CT molecular complexity index is 1460. The third-order valence-electron chi connectivity index (χ3n) is 8.65. The van der Waals surface area contributed by atoms with Gasteiger partial charge in [-0.15, -0.1) is 10.2 Å². The Balaban J connectivity index is 1.47. The highest BCUT2D eigenvalue weighted by Gasteiger charge is 2.52. The maximum Gasteiger partial charge on any atom is 0.416 e. The third-order valence-corrected chi connectivity index (χ3v) is 8.65. The molecule has 1 unspecified atom stereocenters. The molecule has 1 aliphatic carbocycles. The van der Waals surface area contributed by atoms with Crippen LogP contribution in [-0.4, -0.2) is 48.7 Å². The predicted molar refractivity (Wildman–Crippen MR) is 154 cm³/mol. The van der Waals surface area contributed by atoms with E-state index < -0.39 is 17.4 Å². The maximum absolute atomic E-state index is 14.2. The maximum atomic E-state index is 14.2. The number of hydrogen-bond donors (Lipinski definition) is 2. The number of carbonyl (C=O) groups is 2. The number of aromatic amines is 1. The summed E-state index contributed by atoms with van der Waals surface area (Å²) in [4.78, 5) is 33.8. The molecule has 1 aromatic heterocycles. The largest absolute Gasteiger partial charge is 0.416 e. The summed E-state index contributed by atoms with van der Waals surface area (Å²) in [5.41, 5.74) is -0.120. The van der Waals surface area contributed by atoms with Gasteiger partial charge < -0.3 is 10.2 Å². The SMILES string of the molecule is CCCC(c1ccc(C(=O)NCc2nn[nH]n2)cc1)N1C(=O)C(c2cccc(C(F)(F)F)c2)=NC12CCC(C(C)C)CC2. The van der Waals surface area contributed by atoms with E-state index in [4.69, 9.17) is 4.99 Å². The normalized spacial score (nSPS) is 21.4. The first-order valence-corrected chi connectivity index (χ1v) is 14.7. The minimum absolute atomic E-state index is 0.0765. The van der Waals surface area contributed by atoms with Crippen LogP contribution < -0.4 is 5.32 Å². The molecule has 12 heteroatoms. The van der Waals surface area contributed by atoms with Crippen LogP contribution in [0.3, 0.4) is 0 Å². The van der Waals surface area contributed by atoms with Crippen molar-refractivity contribution in [2.45, 2.75) is 83.7 Å². The molecule has 2 N–H and O–H groups in total. The second-order valence-corrected chi connectivity index (χ2v) is 11.7. The quantitative estimate of drug-likeness (QED) is 0.321. The first kappa shape index (κ1) is 30.4. The van der Waals surface area contributed by atoms with Crippen LogP contribution in [0.4, 0.5) is 13.2 Å². The molecular weight excluding hydrogens is 559 g/mol. The molecule has 1 spiro atoms. The van der Waals surface area contributed by atoms with Gasteiger partial charge in [-0.2, -0.15) is 18.4 Å². The van der Waals surface area contributed by atoms with Gasteiger partial charge in [-0.3, -0.25) is 14.6 Å². The van der Waals surface area contributed by atoms with Crippen LogP contribution in [0.2, 0.25) is 0 Å². The van der Waals surface area contributed by atoms with Gasteiger partial charge in [-0.1, -0.05) is 56.7 Å². The number of aliphatic imine (C=N–C) groups is 1. The third kappa shape index (κ3) is 6.33. The highest BCUT2D eigenvalue weighted by molar-refractivity contribution is 6.46. The molecule has 2 amide bonds. The van der Waals surface area contributed by atoms with E-state index in [9.17, 15) is 22.8 Å². The summed E-state index contributed by atoms with van der Waals surface area (Å²) >= 11 is 0. The summed E-state index contributed by atoms with van der Waals surface area (Å²) in [6.45, 7) is 6.53. The van der Waals surface area contributed by atoms with Crippen LogP contribution in [0, 0.1) is 11.8 Å². The van der Waals surface area contributed by atoms with E-state index >= 15 is 0 Å². The average Bonchev–Trinajstić information content (AvgIpc) is 3.61. The Morgan fingerprint density at radius 2 is 1.86 bits per heavy atom. The van der Waals surface area contributed by atoms with Crippen LogP contribution >= 0.6 is 0 Å². The van der Waals surface area contributed by atoms with Gasteiger partial charge in [0.25, 0.3) is 11.8 Å². The molecule has 0 saturated heterocycles. The van der Waals surface area contributed by atoms with Crippen LogP contribution in [0.1, 0.15) is 98.2 Å². The van der Waals surface area contributed by atoms with E-state index in [2.05, 4.69) is 39.8 Å². The Morgan fingerprint density at radius 3 is 2.47 bits per heavy atom. The number of nitrogens with one attached hydrogen (secondary N) is 2. The molecular formula is C31H36F3N7O2. The molecule has 0 radical (unpaired) electrons. The molecule has 1 atom stereocenters. The Labute approximate surface area is 248 Å². The molecule has 2 aliphatic rings. The van der Waals surface area contributed by atoms with E-state index in [0.717, 1.165) is 37.0 Å². The van der Waals surface area contributed by atoms with Crippen LogP contribution in [-0.2, 0) is 17.5 Å². The average molecular weight is 596 g/mol. The molecule has 1 saturated carbocycles. The summed E-state index contributed by atoms with van der Waals surface area (Å²) in [5.74, 6) is 0.668. The van der Waals surface area contributed by atoms with Crippen LogP contribution in [0.15, 0.2) is 53.5 Å². The highest BCUT2D eigenvalue weighted by Crippen LogP contribution is 2.48. The fourth-order valence-corrected chi connectivity index (χ4v) is 6.29. The van der Waals surface area contributed by atoms with Crippen molar-refractivity contribution in [3.05, 3.63) is 76.6 Å². The monoisotopic (exact) mass is 595 g/mol. The fraction of sp³-hybridized carbons (Fsp3) is 0.484. The van der Waals surface area contributed by atoms with Crippen molar-refractivity contribution in [1.29, 1.82) is 0 Å². The van der Waals surface area contributed by atoms with Gasteiger partial charge in [-0.05, 0) is 73.8 Å². The first-order chi connectivity index (χ1) is 20.5. The van der Waals surface area contributed by atoms with Crippen molar-refractivity contribution in [3.8, 4) is 0 Å². The summed E-state index contributed by atoms with van der Waals surface area (Å²) in [6.07, 6.45) is -0.101. The molecule has 5 rings (SSSR count). The number of halogens is 3. The fourth-order valence-electron chi connectivity index (χ4n) is 6.29. The molecule has 9 nitrogen and oxygen atoms in total. The Hall–Kier alpha value is -4.09. The van der Waals surface area contributed by atoms with Crippen molar-refractivity contribution in [2.75, 3.05) is 0 Å².